The SMILES string of the molecule is COC[C@H]1CCN(Cc2ccc3cc(OC)ccc3c2)C1. The lowest BCUT2D eigenvalue weighted by molar-refractivity contribution is 0.152. The van der Waals surface area contributed by atoms with E-state index >= 15 is 0 Å². The maximum atomic E-state index is 5.27. The molecule has 21 heavy (non-hydrogen) atoms. The molecule has 0 unspecified atom stereocenters. The highest BCUT2D eigenvalue weighted by Crippen LogP contribution is 2.24. The van der Waals surface area contributed by atoms with E-state index in [1.54, 1.807) is 14.2 Å². The van der Waals surface area contributed by atoms with Crippen LogP contribution in [-0.2, 0) is 11.3 Å². The molecule has 1 aliphatic heterocycles. The first-order valence-corrected chi connectivity index (χ1v) is 7.56. The smallest absolute Gasteiger partial charge is 0.119 e. The van der Waals surface area contributed by atoms with Crippen molar-refractivity contribution in [3.8, 4) is 5.75 Å². The average molecular weight is 285 g/mol. The quantitative estimate of drug-likeness (QED) is 0.841. The summed E-state index contributed by atoms with van der Waals surface area (Å²) >= 11 is 0. The molecule has 1 aliphatic rings. The molecule has 0 N–H and O–H groups in total. The van der Waals surface area contributed by atoms with E-state index in [1.165, 1.54) is 29.3 Å². The Balaban J connectivity index is 1.70. The van der Waals surface area contributed by atoms with Crippen LogP contribution >= 0.6 is 0 Å². The third kappa shape index (κ3) is 3.36. The molecule has 1 fully saturated rings. The van der Waals surface area contributed by atoms with Gasteiger partial charge in [-0.1, -0.05) is 18.2 Å². The zero-order valence-electron chi connectivity index (χ0n) is 12.8. The summed E-state index contributed by atoms with van der Waals surface area (Å²) < 4.78 is 10.5. The minimum Gasteiger partial charge on any atom is -0.497 e. The normalized spacial score (nSPS) is 19.2. The lowest BCUT2D eigenvalue weighted by Gasteiger charge is -2.16. The van der Waals surface area contributed by atoms with Gasteiger partial charge < -0.3 is 9.47 Å². The molecule has 112 valence electrons. The Morgan fingerprint density at radius 3 is 2.71 bits per heavy atom. The van der Waals surface area contributed by atoms with Crippen molar-refractivity contribution in [1.82, 2.24) is 4.90 Å². The molecule has 1 saturated heterocycles. The number of hydrogen-bond acceptors (Lipinski definition) is 3. The third-order valence-corrected chi connectivity index (χ3v) is 4.29. The van der Waals surface area contributed by atoms with E-state index in [2.05, 4.69) is 35.2 Å². The van der Waals surface area contributed by atoms with E-state index < -0.39 is 0 Å². The fraction of sp³-hybridized carbons (Fsp3) is 0.444. The molecule has 0 bridgehead atoms. The lowest BCUT2D eigenvalue weighted by Crippen LogP contribution is -2.21. The van der Waals surface area contributed by atoms with Crippen molar-refractivity contribution < 1.29 is 9.47 Å². The Kier molecular flexibility index (Phi) is 4.42. The molecule has 3 nitrogen and oxygen atoms in total. The molecule has 0 saturated carbocycles. The van der Waals surface area contributed by atoms with Crippen molar-refractivity contribution in [2.24, 2.45) is 5.92 Å². The molecule has 0 radical (unpaired) electrons. The van der Waals surface area contributed by atoms with Crippen LogP contribution in [0, 0.1) is 5.92 Å². The zero-order chi connectivity index (χ0) is 14.7. The fourth-order valence-electron chi connectivity index (χ4n) is 3.19. The van der Waals surface area contributed by atoms with Gasteiger partial charge in [-0.05, 0) is 53.4 Å². The predicted molar refractivity (Wildman–Crippen MR) is 85.8 cm³/mol. The summed E-state index contributed by atoms with van der Waals surface area (Å²) in [6, 6.07) is 13.0. The van der Waals surface area contributed by atoms with Crippen LogP contribution in [0.1, 0.15) is 12.0 Å². The van der Waals surface area contributed by atoms with Gasteiger partial charge in [0.2, 0.25) is 0 Å². The number of ether oxygens (including phenoxy) is 2. The monoisotopic (exact) mass is 285 g/mol. The highest BCUT2D eigenvalue weighted by atomic mass is 16.5. The third-order valence-electron chi connectivity index (χ3n) is 4.29. The molecule has 2 aromatic carbocycles. The van der Waals surface area contributed by atoms with Crippen molar-refractivity contribution in [1.29, 1.82) is 0 Å². The molecule has 0 amide bonds. The molecule has 3 heteroatoms. The van der Waals surface area contributed by atoms with E-state index in [1.807, 2.05) is 6.07 Å². The molecule has 3 rings (SSSR count). The van der Waals surface area contributed by atoms with Crippen molar-refractivity contribution in [2.75, 3.05) is 33.9 Å². The van der Waals surface area contributed by atoms with Crippen LogP contribution in [0.5, 0.6) is 5.75 Å². The van der Waals surface area contributed by atoms with E-state index in [0.29, 0.717) is 5.92 Å². The van der Waals surface area contributed by atoms with Gasteiger partial charge in [0.1, 0.15) is 5.75 Å². The summed E-state index contributed by atoms with van der Waals surface area (Å²) in [4.78, 5) is 2.52. The number of fused-ring (bicyclic) bond motifs is 1. The molecular formula is C18H23NO2. The number of likely N-dealkylation sites (tertiary alicyclic amines) is 1. The summed E-state index contributed by atoms with van der Waals surface area (Å²) in [5, 5.41) is 2.51. The Bertz CT molecular complexity index is 611. The van der Waals surface area contributed by atoms with E-state index in [9.17, 15) is 0 Å². The van der Waals surface area contributed by atoms with Crippen molar-refractivity contribution in [3.05, 3.63) is 42.0 Å². The minimum atomic E-state index is 0.694. The number of nitrogens with zero attached hydrogens (tertiary/aromatic N) is 1. The molecule has 0 aliphatic carbocycles. The first-order valence-electron chi connectivity index (χ1n) is 7.56. The Hall–Kier alpha value is -1.58. The van der Waals surface area contributed by atoms with Gasteiger partial charge in [0, 0.05) is 20.2 Å². The van der Waals surface area contributed by atoms with Gasteiger partial charge in [0.25, 0.3) is 0 Å². The number of rotatable bonds is 5. The molecule has 2 aromatic rings. The largest absolute Gasteiger partial charge is 0.497 e. The maximum absolute atomic E-state index is 5.27. The standard InChI is InChI=1S/C18H23NO2/c1-20-13-15-7-8-19(12-15)11-14-3-4-17-10-18(21-2)6-5-16(17)9-14/h3-6,9-10,15H,7-8,11-13H2,1-2H3/t15-/m0/s1. The second-order valence-electron chi connectivity index (χ2n) is 5.89. The summed E-state index contributed by atoms with van der Waals surface area (Å²) in [5.41, 5.74) is 1.38. The maximum Gasteiger partial charge on any atom is 0.119 e. The number of benzene rings is 2. The molecule has 0 spiro atoms. The van der Waals surface area contributed by atoms with E-state index in [4.69, 9.17) is 9.47 Å². The summed E-state index contributed by atoms with van der Waals surface area (Å²) in [7, 11) is 3.50. The predicted octanol–water partition coefficient (Wildman–Crippen LogP) is 3.32. The molecule has 1 heterocycles. The van der Waals surface area contributed by atoms with Crippen LogP contribution in [0.3, 0.4) is 0 Å². The van der Waals surface area contributed by atoms with Crippen LogP contribution in [0.25, 0.3) is 10.8 Å². The van der Waals surface area contributed by atoms with Gasteiger partial charge in [0.05, 0.1) is 13.7 Å². The van der Waals surface area contributed by atoms with Crippen LogP contribution in [-0.4, -0.2) is 38.8 Å². The summed E-state index contributed by atoms with van der Waals surface area (Å²) in [6.07, 6.45) is 1.25. The van der Waals surface area contributed by atoms with Gasteiger partial charge in [-0.3, -0.25) is 4.90 Å². The van der Waals surface area contributed by atoms with E-state index in [0.717, 1.165) is 25.4 Å². The Morgan fingerprint density at radius 2 is 1.90 bits per heavy atom. The topological polar surface area (TPSA) is 21.7 Å². The lowest BCUT2D eigenvalue weighted by atomic mass is 10.1. The Morgan fingerprint density at radius 1 is 1.10 bits per heavy atom. The number of methoxy groups -OCH3 is 2. The second kappa shape index (κ2) is 6.46. The minimum absolute atomic E-state index is 0.694. The van der Waals surface area contributed by atoms with Gasteiger partial charge in [-0.2, -0.15) is 0 Å². The molecular weight excluding hydrogens is 262 g/mol. The Labute approximate surface area is 126 Å². The summed E-state index contributed by atoms with van der Waals surface area (Å²) in [5.74, 6) is 1.61. The fourth-order valence-corrected chi connectivity index (χ4v) is 3.19. The van der Waals surface area contributed by atoms with Crippen LogP contribution < -0.4 is 4.74 Å². The highest BCUT2D eigenvalue weighted by molar-refractivity contribution is 5.84. The molecule has 1 atom stereocenters. The highest BCUT2D eigenvalue weighted by Gasteiger charge is 2.22. The van der Waals surface area contributed by atoms with Gasteiger partial charge >= 0.3 is 0 Å². The molecule has 0 aromatic heterocycles. The van der Waals surface area contributed by atoms with Gasteiger partial charge in [-0.15, -0.1) is 0 Å². The van der Waals surface area contributed by atoms with Crippen molar-refractivity contribution in [2.45, 2.75) is 13.0 Å². The van der Waals surface area contributed by atoms with Gasteiger partial charge in [-0.25, -0.2) is 0 Å². The summed E-state index contributed by atoms with van der Waals surface area (Å²) in [6.45, 7) is 4.24. The number of hydrogen-bond donors (Lipinski definition) is 0. The van der Waals surface area contributed by atoms with Crippen LogP contribution in [0.2, 0.25) is 0 Å². The first-order chi connectivity index (χ1) is 10.3. The van der Waals surface area contributed by atoms with Crippen molar-refractivity contribution in [3.63, 3.8) is 0 Å². The average Bonchev–Trinajstić information content (AvgIpc) is 2.94. The second-order valence-corrected chi connectivity index (χ2v) is 5.89. The van der Waals surface area contributed by atoms with E-state index in [-0.39, 0.29) is 0 Å². The zero-order valence-corrected chi connectivity index (χ0v) is 12.8. The van der Waals surface area contributed by atoms with Crippen molar-refractivity contribution >= 4 is 10.8 Å². The van der Waals surface area contributed by atoms with Crippen LogP contribution in [0.15, 0.2) is 36.4 Å². The first kappa shape index (κ1) is 14.4. The van der Waals surface area contributed by atoms with Crippen LogP contribution in [0.4, 0.5) is 0 Å². The van der Waals surface area contributed by atoms with Gasteiger partial charge in [0.15, 0.2) is 0 Å².